The van der Waals surface area contributed by atoms with Gasteiger partial charge in [0.25, 0.3) is 0 Å². The van der Waals surface area contributed by atoms with Crippen LogP contribution in [0.5, 0.6) is 0 Å². The molecule has 0 saturated carbocycles. The maximum atomic E-state index is 9.50. The van der Waals surface area contributed by atoms with Crippen molar-refractivity contribution in [1.29, 1.82) is 5.26 Å². The minimum Gasteiger partial charge on any atom is -0.285 e. The lowest BCUT2D eigenvalue weighted by Crippen LogP contribution is -2.45. The zero-order valence-electron chi connectivity index (χ0n) is 10.4. The molecule has 1 aromatic rings. The normalized spacial score (nSPS) is 19.4. The average molecular weight is 283 g/mol. The fourth-order valence-corrected chi connectivity index (χ4v) is 2.88. The summed E-state index contributed by atoms with van der Waals surface area (Å²) in [6.45, 7) is 3.96. The van der Waals surface area contributed by atoms with E-state index < -0.39 is 5.54 Å². The van der Waals surface area contributed by atoms with Crippen LogP contribution in [-0.4, -0.2) is 23.5 Å². The van der Waals surface area contributed by atoms with E-state index in [2.05, 4.69) is 11.0 Å². The second-order valence-electron chi connectivity index (χ2n) is 4.97. The van der Waals surface area contributed by atoms with Gasteiger partial charge < -0.3 is 0 Å². The van der Waals surface area contributed by atoms with Gasteiger partial charge >= 0.3 is 0 Å². The predicted molar refractivity (Wildman–Crippen MR) is 75.0 cm³/mol. The zero-order valence-corrected chi connectivity index (χ0v) is 11.9. The molecule has 0 bridgehead atoms. The smallest absolute Gasteiger partial charge is 0.110 e. The molecular weight excluding hydrogens is 267 g/mol. The molecule has 96 valence electrons. The molecule has 1 unspecified atom stereocenters. The van der Waals surface area contributed by atoms with Crippen LogP contribution in [0.4, 0.5) is 0 Å². The van der Waals surface area contributed by atoms with Crippen LogP contribution in [-0.2, 0) is 6.42 Å². The molecule has 1 heterocycles. The molecule has 1 atom stereocenters. The maximum absolute atomic E-state index is 9.50. The van der Waals surface area contributed by atoms with E-state index in [0.29, 0.717) is 16.5 Å². The molecule has 1 saturated heterocycles. The third kappa shape index (κ3) is 2.64. The molecule has 1 aromatic carbocycles. The molecule has 2 nitrogen and oxygen atoms in total. The lowest BCUT2D eigenvalue weighted by atomic mass is 9.92. The summed E-state index contributed by atoms with van der Waals surface area (Å²) in [6.07, 6.45) is 2.95. The summed E-state index contributed by atoms with van der Waals surface area (Å²) in [7, 11) is 0. The topological polar surface area (TPSA) is 27.0 Å². The van der Waals surface area contributed by atoms with Crippen LogP contribution < -0.4 is 0 Å². The SMILES string of the molecule is CC(C#N)(Cc1cccc(Cl)c1Cl)N1CCCC1. The van der Waals surface area contributed by atoms with E-state index in [1.165, 1.54) is 12.8 Å². The Hall–Kier alpha value is -0.750. The number of halogens is 2. The molecule has 1 aliphatic rings. The fourth-order valence-electron chi connectivity index (χ4n) is 2.49. The van der Waals surface area contributed by atoms with Gasteiger partial charge in [-0.2, -0.15) is 5.26 Å². The van der Waals surface area contributed by atoms with E-state index in [4.69, 9.17) is 23.2 Å². The van der Waals surface area contributed by atoms with E-state index in [9.17, 15) is 5.26 Å². The molecule has 1 aliphatic heterocycles. The van der Waals surface area contributed by atoms with Crippen LogP contribution in [0.3, 0.4) is 0 Å². The van der Waals surface area contributed by atoms with Crippen molar-refractivity contribution in [3.05, 3.63) is 33.8 Å². The van der Waals surface area contributed by atoms with Crippen molar-refractivity contribution in [3.8, 4) is 6.07 Å². The van der Waals surface area contributed by atoms with Crippen molar-refractivity contribution in [1.82, 2.24) is 4.90 Å². The quantitative estimate of drug-likeness (QED) is 0.840. The number of nitriles is 1. The first kappa shape index (κ1) is 13.7. The van der Waals surface area contributed by atoms with Crippen molar-refractivity contribution in [2.75, 3.05) is 13.1 Å². The van der Waals surface area contributed by atoms with Crippen LogP contribution >= 0.6 is 23.2 Å². The molecule has 0 amide bonds. The summed E-state index contributed by atoms with van der Waals surface area (Å²) in [6, 6.07) is 8.04. The van der Waals surface area contributed by atoms with E-state index in [-0.39, 0.29) is 0 Å². The van der Waals surface area contributed by atoms with Crippen LogP contribution in [0, 0.1) is 11.3 Å². The van der Waals surface area contributed by atoms with Gasteiger partial charge in [0.05, 0.1) is 16.1 Å². The molecule has 0 aromatic heterocycles. The second-order valence-corrected chi connectivity index (χ2v) is 5.75. The van der Waals surface area contributed by atoms with E-state index >= 15 is 0 Å². The van der Waals surface area contributed by atoms with Gasteiger partial charge in [0.1, 0.15) is 5.54 Å². The highest BCUT2D eigenvalue weighted by molar-refractivity contribution is 6.42. The Balaban J connectivity index is 2.25. The Kier molecular flexibility index (Phi) is 4.17. The Morgan fingerprint density at radius 2 is 2.00 bits per heavy atom. The molecule has 2 rings (SSSR count). The third-order valence-electron chi connectivity index (χ3n) is 3.61. The highest BCUT2D eigenvalue weighted by atomic mass is 35.5. The summed E-state index contributed by atoms with van der Waals surface area (Å²) in [5.74, 6) is 0. The highest BCUT2D eigenvalue weighted by Gasteiger charge is 2.34. The molecule has 0 spiro atoms. The zero-order chi connectivity index (χ0) is 13.2. The van der Waals surface area contributed by atoms with E-state index in [0.717, 1.165) is 18.7 Å². The monoisotopic (exact) mass is 282 g/mol. The van der Waals surface area contributed by atoms with Crippen molar-refractivity contribution in [3.63, 3.8) is 0 Å². The molecule has 18 heavy (non-hydrogen) atoms. The van der Waals surface area contributed by atoms with Gasteiger partial charge in [-0.1, -0.05) is 35.3 Å². The first-order valence-corrected chi connectivity index (χ1v) is 6.91. The Morgan fingerprint density at radius 1 is 1.33 bits per heavy atom. The predicted octanol–water partition coefficient (Wildman–Crippen LogP) is 3.91. The molecule has 1 fully saturated rings. The van der Waals surface area contributed by atoms with Crippen LogP contribution in [0.25, 0.3) is 0 Å². The van der Waals surface area contributed by atoms with E-state index in [1.54, 1.807) is 6.07 Å². The minimum absolute atomic E-state index is 0.495. The van der Waals surface area contributed by atoms with Gasteiger partial charge in [-0.25, -0.2) is 0 Å². The summed E-state index contributed by atoms with van der Waals surface area (Å²) in [5.41, 5.74) is 0.449. The van der Waals surface area contributed by atoms with Crippen molar-refractivity contribution >= 4 is 23.2 Å². The lowest BCUT2D eigenvalue weighted by molar-refractivity contribution is 0.191. The van der Waals surface area contributed by atoms with Crippen LogP contribution in [0.15, 0.2) is 18.2 Å². The van der Waals surface area contributed by atoms with Crippen molar-refractivity contribution in [2.24, 2.45) is 0 Å². The van der Waals surface area contributed by atoms with Gasteiger partial charge in [0, 0.05) is 6.42 Å². The first-order valence-electron chi connectivity index (χ1n) is 6.16. The standard InChI is InChI=1S/C14H16Cl2N2/c1-14(10-17,18-7-2-3-8-18)9-11-5-4-6-12(15)13(11)16/h4-6H,2-3,7-9H2,1H3. The molecule has 0 N–H and O–H groups in total. The minimum atomic E-state index is -0.495. The van der Waals surface area contributed by atoms with Crippen LogP contribution in [0.2, 0.25) is 10.0 Å². The van der Waals surface area contributed by atoms with Gasteiger partial charge in [-0.3, -0.25) is 4.90 Å². The number of rotatable bonds is 3. The molecule has 4 heteroatoms. The fraction of sp³-hybridized carbons (Fsp3) is 0.500. The van der Waals surface area contributed by atoms with E-state index in [1.807, 2.05) is 19.1 Å². The Morgan fingerprint density at radius 3 is 2.61 bits per heavy atom. The van der Waals surface area contributed by atoms with Crippen molar-refractivity contribution in [2.45, 2.75) is 31.7 Å². The number of hydrogen-bond acceptors (Lipinski definition) is 2. The number of likely N-dealkylation sites (tertiary alicyclic amines) is 1. The summed E-state index contributed by atoms with van der Waals surface area (Å²) in [5, 5.41) is 10.6. The molecular formula is C14H16Cl2N2. The van der Waals surface area contributed by atoms with Gasteiger partial charge in [-0.15, -0.1) is 0 Å². The number of nitrogens with zero attached hydrogens (tertiary/aromatic N) is 2. The van der Waals surface area contributed by atoms with Gasteiger partial charge in [0.2, 0.25) is 0 Å². The Labute approximate surface area is 118 Å². The second kappa shape index (κ2) is 5.48. The molecule has 0 radical (unpaired) electrons. The summed E-state index contributed by atoms with van der Waals surface area (Å²) >= 11 is 12.2. The molecule has 0 aliphatic carbocycles. The third-order valence-corrected chi connectivity index (χ3v) is 4.47. The van der Waals surface area contributed by atoms with Crippen molar-refractivity contribution < 1.29 is 0 Å². The largest absolute Gasteiger partial charge is 0.285 e. The maximum Gasteiger partial charge on any atom is 0.110 e. The summed E-state index contributed by atoms with van der Waals surface area (Å²) in [4.78, 5) is 2.24. The highest BCUT2D eigenvalue weighted by Crippen LogP contribution is 2.31. The lowest BCUT2D eigenvalue weighted by Gasteiger charge is -2.32. The Bertz CT molecular complexity index is 475. The number of hydrogen-bond donors (Lipinski definition) is 0. The summed E-state index contributed by atoms with van der Waals surface area (Å²) < 4.78 is 0. The number of benzene rings is 1. The van der Waals surface area contributed by atoms with Gasteiger partial charge in [-0.05, 0) is 44.5 Å². The first-order chi connectivity index (χ1) is 8.57. The van der Waals surface area contributed by atoms with Gasteiger partial charge in [0.15, 0.2) is 0 Å². The van der Waals surface area contributed by atoms with Crippen LogP contribution in [0.1, 0.15) is 25.3 Å². The average Bonchev–Trinajstić information content (AvgIpc) is 2.89.